The average molecular weight is 383 g/mol. The molecule has 1 heterocycles. The molecule has 1 amide bonds. The number of carboxylic acid groups (broad SMARTS) is 1. The minimum atomic E-state index is -0.875. The summed E-state index contributed by atoms with van der Waals surface area (Å²) in [5, 5.41) is 9.56. The monoisotopic (exact) mass is 383 g/mol. The Morgan fingerprint density at radius 1 is 1.29 bits per heavy atom. The second-order valence-electron chi connectivity index (χ2n) is 7.67. The molecule has 1 N–H and O–H groups in total. The molecule has 3 rings (SSSR count). The van der Waals surface area contributed by atoms with Gasteiger partial charge in [0.05, 0.1) is 6.61 Å². The van der Waals surface area contributed by atoms with Crippen molar-refractivity contribution in [2.45, 2.75) is 39.5 Å². The summed E-state index contributed by atoms with van der Waals surface area (Å²) < 4.78 is 5.28. The van der Waals surface area contributed by atoms with Crippen molar-refractivity contribution in [2.75, 3.05) is 19.7 Å². The van der Waals surface area contributed by atoms with Gasteiger partial charge in [0.15, 0.2) is 0 Å². The van der Waals surface area contributed by atoms with E-state index in [2.05, 4.69) is 24.3 Å². The number of hydrogen-bond donors (Lipinski definition) is 1. The highest BCUT2D eigenvalue weighted by molar-refractivity contribution is 5.89. The summed E-state index contributed by atoms with van der Waals surface area (Å²) in [5.74, 6) is -0.179. The van der Waals surface area contributed by atoms with Crippen LogP contribution in [0.3, 0.4) is 0 Å². The van der Waals surface area contributed by atoms with Crippen LogP contribution in [0.15, 0.2) is 53.6 Å². The number of allylic oxidation sites excluding steroid dienone is 3. The van der Waals surface area contributed by atoms with E-state index in [-0.39, 0.29) is 17.3 Å². The highest BCUT2D eigenvalue weighted by Gasteiger charge is 2.46. The van der Waals surface area contributed by atoms with Gasteiger partial charge in [0, 0.05) is 24.1 Å². The van der Waals surface area contributed by atoms with Gasteiger partial charge in [-0.25, -0.2) is 9.59 Å². The molecule has 1 aliphatic heterocycles. The normalized spacial score (nSPS) is 26.2. The van der Waals surface area contributed by atoms with Gasteiger partial charge in [-0.1, -0.05) is 42.5 Å². The van der Waals surface area contributed by atoms with Crippen LogP contribution in [0, 0.1) is 11.3 Å². The number of rotatable bonds is 4. The van der Waals surface area contributed by atoms with Crippen molar-refractivity contribution >= 4 is 12.1 Å². The zero-order chi connectivity index (χ0) is 20.1. The van der Waals surface area contributed by atoms with E-state index in [1.54, 1.807) is 0 Å². The summed E-state index contributed by atoms with van der Waals surface area (Å²) in [6.07, 6.45) is 6.74. The maximum atomic E-state index is 12.5. The molecule has 1 saturated heterocycles. The fourth-order valence-corrected chi connectivity index (χ4v) is 4.73. The third-order valence-corrected chi connectivity index (χ3v) is 6.13. The van der Waals surface area contributed by atoms with E-state index in [1.807, 2.05) is 32.0 Å². The van der Waals surface area contributed by atoms with Gasteiger partial charge in [0.25, 0.3) is 0 Å². The zero-order valence-electron chi connectivity index (χ0n) is 16.7. The fourth-order valence-electron chi connectivity index (χ4n) is 4.73. The molecule has 2 atom stereocenters. The van der Waals surface area contributed by atoms with Gasteiger partial charge < -0.3 is 14.7 Å². The van der Waals surface area contributed by atoms with Crippen LogP contribution in [0.4, 0.5) is 4.79 Å². The van der Waals surface area contributed by atoms with Gasteiger partial charge >= 0.3 is 12.1 Å². The molecular formula is C23H29NO4. The Kier molecular flexibility index (Phi) is 6.22. The topological polar surface area (TPSA) is 66.8 Å². The van der Waals surface area contributed by atoms with Crippen LogP contribution in [0.2, 0.25) is 0 Å². The average Bonchev–Trinajstić information content (AvgIpc) is 2.70. The minimum absolute atomic E-state index is 0.0793. The molecule has 1 fully saturated rings. The number of ether oxygens (including phenoxy) is 1. The Morgan fingerprint density at radius 2 is 2.04 bits per heavy atom. The molecule has 0 saturated carbocycles. The van der Waals surface area contributed by atoms with Crippen molar-refractivity contribution in [1.29, 1.82) is 0 Å². The third-order valence-electron chi connectivity index (χ3n) is 6.13. The minimum Gasteiger partial charge on any atom is -0.465 e. The molecule has 0 radical (unpaired) electrons. The zero-order valence-corrected chi connectivity index (χ0v) is 16.7. The number of piperidine rings is 1. The Bertz CT molecular complexity index is 783. The summed E-state index contributed by atoms with van der Waals surface area (Å²) in [6, 6.07) is 10.2. The van der Waals surface area contributed by atoms with Crippen LogP contribution in [0.5, 0.6) is 0 Å². The lowest BCUT2D eigenvalue weighted by atomic mass is 9.60. The molecule has 0 aromatic heterocycles. The third kappa shape index (κ3) is 3.98. The van der Waals surface area contributed by atoms with Gasteiger partial charge in [-0.05, 0) is 56.6 Å². The van der Waals surface area contributed by atoms with E-state index in [0.717, 1.165) is 24.8 Å². The van der Waals surface area contributed by atoms with Gasteiger partial charge in [-0.3, -0.25) is 0 Å². The Hall–Kier alpha value is -2.56. The number of benzene rings is 1. The number of carbonyl (C=O) groups excluding carboxylic acids is 1. The molecule has 28 heavy (non-hydrogen) atoms. The van der Waals surface area contributed by atoms with Crippen molar-refractivity contribution in [1.82, 2.24) is 4.90 Å². The van der Waals surface area contributed by atoms with E-state index in [4.69, 9.17) is 4.74 Å². The fraction of sp³-hybridized carbons (Fsp3) is 0.478. The second-order valence-corrected chi connectivity index (χ2v) is 7.67. The van der Waals surface area contributed by atoms with Crippen molar-refractivity contribution in [2.24, 2.45) is 11.3 Å². The summed E-state index contributed by atoms with van der Waals surface area (Å²) in [5.41, 5.74) is 2.70. The van der Waals surface area contributed by atoms with Gasteiger partial charge in [-0.15, -0.1) is 0 Å². The van der Waals surface area contributed by atoms with Gasteiger partial charge in [-0.2, -0.15) is 0 Å². The van der Waals surface area contributed by atoms with Crippen LogP contribution < -0.4 is 0 Å². The maximum Gasteiger partial charge on any atom is 0.407 e. The number of likely N-dealkylation sites (tertiary alicyclic amines) is 1. The molecule has 5 nitrogen and oxygen atoms in total. The Balaban J connectivity index is 2.03. The number of esters is 1. The van der Waals surface area contributed by atoms with Crippen LogP contribution in [0.1, 0.15) is 38.7 Å². The lowest BCUT2D eigenvalue weighted by Crippen LogP contribution is -2.50. The van der Waals surface area contributed by atoms with Crippen molar-refractivity contribution < 1.29 is 19.4 Å². The van der Waals surface area contributed by atoms with Crippen molar-refractivity contribution in [3.8, 4) is 0 Å². The summed E-state index contributed by atoms with van der Waals surface area (Å²) >= 11 is 0. The van der Waals surface area contributed by atoms with E-state index >= 15 is 0 Å². The van der Waals surface area contributed by atoms with Crippen molar-refractivity contribution in [3.05, 3.63) is 59.2 Å². The molecule has 1 aromatic rings. The molecule has 1 aromatic carbocycles. The number of amides is 1. The van der Waals surface area contributed by atoms with Crippen LogP contribution in [-0.2, 0) is 16.0 Å². The van der Waals surface area contributed by atoms with E-state index in [1.165, 1.54) is 10.5 Å². The lowest BCUT2D eigenvalue weighted by Gasteiger charge is -2.49. The Labute approximate surface area is 166 Å². The quantitative estimate of drug-likeness (QED) is 0.474. The standard InChI is InChI=1S/C23H29NO4/c1-3-28-21(25)17(2)20-11-7-8-12-23(20)13-14-24(22(26)27)16-19(23)15-18-9-5-4-6-10-18/h4-6,8-10,12,19H,3,7,11,13-16H2,1-2H3,(H,26,27). The first-order chi connectivity index (χ1) is 13.5. The van der Waals surface area contributed by atoms with E-state index < -0.39 is 6.09 Å². The first-order valence-electron chi connectivity index (χ1n) is 10.0. The molecule has 150 valence electrons. The molecular weight excluding hydrogens is 354 g/mol. The number of hydrogen-bond acceptors (Lipinski definition) is 3. The van der Waals surface area contributed by atoms with Crippen LogP contribution >= 0.6 is 0 Å². The van der Waals surface area contributed by atoms with E-state index in [0.29, 0.717) is 31.7 Å². The predicted octanol–water partition coefficient (Wildman–Crippen LogP) is 4.45. The number of carbonyl (C=O) groups is 2. The van der Waals surface area contributed by atoms with E-state index in [9.17, 15) is 14.7 Å². The maximum absolute atomic E-state index is 12.5. The SMILES string of the molecule is CCOC(=O)C(C)=C1CCC=CC12CCN(C(=O)O)CC2Cc1ccccc1. The van der Waals surface area contributed by atoms with Crippen LogP contribution in [-0.4, -0.2) is 41.8 Å². The Morgan fingerprint density at radius 3 is 2.71 bits per heavy atom. The molecule has 1 aliphatic carbocycles. The largest absolute Gasteiger partial charge is 0.465 e. The molecule has 2 unspecified atom stereocenters. The molecule has 5 heteroatoms. The highest BCUT2D eigenvalue weighted by Crippen LogP contribution is 2.50. The molecule has 0 bridgehead atoms. The van der Waals surface area contributed by atoms with Gasteiger partial charge in [0.2, 0.25) is 0 Å². The number of nitrogens with zero attached hydrogens (tertiary/aromatic N) is 1. The van der Waals surface area contributed by atoms with Crippen LogP contribution in [0.25, 0.3) is 0 Å². The lowest BCUT2D eigenvalue weighted by molar-refractivity contribution is -0.138. The first-order valence-corrected chi connectivity index (χ1v) is 10.0. The molecule has 2 aliphatic rings. The molecule has 1 spiro atoms. The highest BCUT2D eigenvalue weighted by atomic mass is 16.5. The summed E-state index contributed by atoms with van der Waals surface area (Å²) in [7, 11) is 0. The van der Waals surface area contributed by atoms with Crippen molar-refractivity contribution in [3.63, 3.8) is 0 Å². The summed E-state index contributed by atoms with van der Waals surface area (Å²) in [4.78, 5) is 25.7. The van der Waals surface area contributed by atoms with Gasteiger partial charge in [0.1, 0.15) is 0 Å². The smallest absolute Gasteiger partial charge is 0.407 e. The second kappa shape index (κ2) is 8.63. The summed E-state index contributed by atoms with van der Waals surface area (Å²) in [6.45, 7) is 4.97. The predicted molar refractivity (Wildman–Crippen MR) is 108 cm³/mol. The first kappa shape index (κ1) is 20.2.